The van der Waals surface area contributed by atoms with Crippen LogP contribution in [0, 0.1) is 6.92 Å². The lowest BCUT2D eigenvalue weighted by molar-refractivity contribution is 0.237. The first-order valence-corrected chi connectivity index (χ1v) is 8.66. The van der Waals surface area contributed by atoms with Crippen molar-refractivity contribution >= 4 is 6.03 Å². The normalized spacial score (nSPS) is 11.8. The van der Waals surface area contributed by atoms with E-state index in [1.807, 2.05) is 61.0 Å². The minimum atomic E-state index is -0.191. The molecule has 0 bridgehead atoms. The number of amides is 2. The molecule has 3 aromatic rings. The standard InChI is InChI=1S/C20H23N5O/c1-15(23-20(26)22-14-17-7-6-10-21-13-17)11-19-12-16(2)24-25(19)18-8-4-3-5-9-18/h3-10,12-13,15H,11,14H2,1-2H3,(H2,22,23,26)/t15-/m0/s1. The van der Waals surface area contributed by atoms with Gasteiger partial charge >= 0.3 is 6.03 Å². The van der Waals surface area contributed by atoms with Gasteiger partial charge in [0.25, 0.3) is 0 Å². The number of aromatic nitrogens is 3. The Morgan fingerprint density at radius 1 is 1.19 bits per heavy atom. The summed E-state index contributed by atoms with van der Waals surface area (Å²) in [5.74, 6) is 0. The van der Waals surface area contributed by atoms with Crippen LogP contribution in [0.3, 0.4) is 0 Å². The lowest BCUT2D eigenvalue weighted by Gasteiger charge is -2.15. The molecule has 1 atom stereocenters. The van der Waals surface area contributed by atoms with E-state index in [0.717, 1.165) is 22.6 Å². The van der Waals surface area contributed by atoms with E-state index < -0.39 is 0 Å². The van der Waals surface area contributed by atoms with Crippen molar-refractivity contribution in [2.45, 2.75) is 32.9 Å². The quantitative estimate of drug-likeness (QED) is 0.718. The van der Waals surface area contributed by atoms with Gasteiger partial charge in [-0.25, -0.2) is 9.48 Å². The fourth-order valence-electron chi connectivity index (χ4n) is 2.82. The second-order valence-electron chi connectivity index (χ2n) is 6.32. The maximum Gasteiger partial charge on any atom is 0.315 e. The minimum Gasteiger partial charge on any atom is -0.335 e. The highest BCUT2D eigenvalue weighted by molar-refractivity contribution is 5.74. The average molecular weight is 349 g/mol. The fraction of sp³-hybridized carbons (Fsp3) is 0.250. The van der Waals surface area contributed by atoms with Gasteiger partial charge in [0, 0.05) is 37.1 Å². The van der Waals surface area contributed by atoms with Gasteiger partial charge < -0.3 is 10.6 Å². The lowest BCUT2D eigenvalue weighted by Crippen LogP contribution is -2.41. The van der Waals surface area contributed by atoms with Gasteiger partial charge in [-0.1, -0.05) is 24.3 Å². The third-order valence-electron chi connectivity index (χ3n) is 3.97. The van der Waals surface area contributed by atoms with Gasteiger partial charge in [0.15, 0.2) is 0 Å². The maximum atomic E-state index is 12.1. The number of rotatable bonds is 6. The number of benzene rings is 1. The van der Waals surface area contributed by atoms with Crippen molar-refractivity contribution in [1.82, 2.24) is 25.4 Å². The Hall–Kier alpha value is -3.15. The highest BCUT2D eigenvalue weighted by Crippen LogP contribution is 2.14. The second-order valence-corrected chi connectivity index (χ2v) is 6.32. The van der Waals surface area contributed by atoms with Gasteiger partial charge in [0.2, 0.25) is 0 Å². The van der Waals surface area contributed by atoms with E-state index >= 15 is 0 Å². The van der Waals surface area contributed by atoms with Crippen LogP contribution in [0.15, 0.2) is 60.9 Å². The van der Waals surface area contributed by atoms with Gasteiger partial charge in [-0.05, 0) is 43.7 Å². The predicted molar refractivity (Wildman–Crippen MR) is 101 cm³/mol. The Morgan fingerprint density at radius 2 is 2.00 bits per heavy atom. The zero-order valence-electron chi connectivity index (χ0n) is 15.0. The molecule has 1 aromatic carbocycles. The van der Waals surface area contributed by atoms with E-state index in [-0.39, 0.29) is 12.1 Å². The molecule has 0 saturated carbocycles. The Labute approximate surface area is 153 Å². The Bertz CT molecular complexity index is 845. The molecular formula is C20H23N5O. The molecule has 2 aromatic heterocycles. The van der Waals surface area contributed by atoms with Crippen molar-refractivity contribution in [1.29, 1.82) is 0 Å². The molecule has 2 N–H and O–H groups in total. The van der Waals surface area contributed by atoms with E-state index in [1.54, 1.807) is 12.4 Å². The molecular weight excluding hydrogens is 326 g/mol. The molecule has 0 unspecified atom stereocenters. The van der Waals surface area contributed by atoms with Crippen LogP contribution < -0.4 is 10.6 Å². The predicted octanol–water partition coefficient (Wildman–Crippen LogP) is 3.01. The van der Waals surface area contributed by atoms with Crippen LogP contribution in [0.4, 0.5) is 4.79 Å². The Morgan fingerprint density at radius 3 is 2.73 bits per heavy atom. The first-order valence-electron chi connectivity index (χ1n) is 8.66. The topological polar surface area (TPSA) is 71.8 Å². The molecule has 2 heterocycles. The molecule has 26 heavy (non-hydrogen) atoms. The van der Waals surface area contributed by atoms with Crippen molar-refractivity contribution in [2.75, 3.05) is 0 Å². The van der Waals surface area contributed by atoms with Crippen molar-refractivity contribution in [3.63, 3.8) is 0 Å². The molecule has 0 aliphatic carbocycles. The highest BCUT2D eigenvalue weighted by Gasteiger charge is 2.13. The number of para-hydroxylation sites is 1. The summed E-state index contributed by atoms with van der Waals surface area (Å²) in [6, 6.07) is 15.6. The van der Waals surface area contributed by atoms with Crippen LogP contribution in [0.25, 0.3) is 5.69 Å². The van der Waals surface area contributed by atoms with Crippen LogP contribution in [-0.2, 0) is 13.0 Å². The molecule has 0 radical (unpaired) electrons. The summed E-state index contributed by atoms with van der Waals surface area (Å²) in [7, 11) is 0. The molecule has 6 nitrogen and oxygen atoms in total. The molecule has 2 amide bonds. The summed E-state index contributed by atoms with van der Waals surface area (Å²) in [6.45, 7) is 4.41. The summed E-state index contributed by atoms with van der Waals surface area (Å²) >= 11 is 0. The molecule has 0 saturated heterocycles. The van der Waals surface area contributed by atoms with E-state index in [2.05, 4.69) is 26.8 Å². The van der Waals surface area contributed by atoms with Gasteiger partial charge in [-0.2, -0.15) is 5.10 Å². The maximum absolute atomic E-state index is 12.1. The smallest absolute Gasteiger partial charge is 0.315 e. The molecule has 0 aliphatic heterocycles. The van der Waals surface area contributed by atoms with E-state index in [1.165, 1.54) is 0 Å². The molecule has 6 heteroatoms. The SMILES string of the molecule is Cc1cc(C[C@H](C)NC(=O)NCc2cccnc2)n(-c2ccccc2)n1. The van der Waals surface area contributed by atoms with Crippen LogP contribution in [0.5, 0.6) is 0 Å². The number of carbonyl (C=O) groups is 1. The Balaban J connectivity index is 1.58. The van der Waals surface area contributed by atoms with Crippen LogP contribution >= 0.6 is 0 Å². The number of aryl methyl sites for hydroxylation is 1. The van der Waals surface area contributed by atoms with Crippen molar-refractivity contribution in [2.24, 2.45) is 0 Å². The van der Waals surface area contributed by atoms with E-state index in [4.69, 9.17) is 0 Å². The number of hydrogen-bond acceptors (Lipinski definition) is 3. The zero-order chi connectivity index (χ0) is 18.4. The highest BCUT2D eigenvalue weighted by atomic mass is 16.2. The number of hydrogen-bond donors (Lipinski definition) is 2. The van der Waals surface area contributed by atoms with Crippen molar-refractivity contribution < 1.29 is 4.79 Å². The lowest BCUT2D eigenvalue weighted by atomic mass is 10.1. The fourth-order valence-corrected chi connectivity index (χ4v) is 2.82. The van der Waals surface area contributed by atoms with Crippen LogP contribution in [0.1, 0.15) is 23.9 Å². The van der Waals surface area contributed by atoms with Gasteiger partial charge in [0.1, 0.15) is 0 Å². The average Bonchev–Trinajstić information content (AvgIpc) is 3.01. The second kappa shape index (κ2) is 8.29. The first kappa shape index (κ1) is 17.7. The number of nitrogens with one attached hydrogen (secondary N) is 2. The van der Waals surface area contributed by atoms with Crippen molar-refractivity contribution in [3.8, 4) is 5.69 Å². The van der Waals surface area contributed by atoms with Gasteiger partial charge in [-0.15, -0.1) is 0 Å². The number of urea groups is 1. The summed E-state index contributed by atoms with van der Waals surface area (Å²) in [6.07, 6.45) is 4.14. The number of carbonyl (C=O) groups excluding carboxylic acids is 1. The molecule has 134 valence electrons. The monoisotopic (exact) mass is 349 g/mol. The largest absolute Gasteiger partial charge is 0.335 e. The molecule has 0 aliphatic rings. The molecule has 3 rings (SSSR count). The van der Waals surface area contributed by atoms with Crippen LogP contribution in [-0.4, -0.2) is 26.8 Å². The summed E-state index contributed by atoms with van der Waals surface area (Å²) in [5.41, 5.74) is 4.00. The third-order valence-corrected chi connectivity index (χ3v) is 3.97. The summed E-state index contributed by atoms with van der Waals surface area (Å²) < 4.78 is 1.93. The zero-order valence-corrected chi connectivity index (χ0v) is 15.0. The van der Waals surface area contributed by atoms with Crippen LogP contribution in [0.2, 0.25) is 0 Å². The van der Waals surface area contributed by atoms with E-state index in [9.17, 15) is 4.79 Å². The summed E-state index contributed by atoms with van der Waals surface area (Å²) in [4.78, 5) is 16.2. The van der Waals surface area contributed by atoms with Gasteiger partial charge in [0.05, 0.1) is 11.4 Å². The summed E-state index contributed by atoms with van der Waals surface area (Å²) in [5, 5.41) is 10.4. The molecule has 0 spiro atoms. The Kier molecular flexibility index (Phi) is 5.63. The number of nitrogens with zero attached hydrogens (tertiary/aromatic N) is 3. The van der Waals surface area contributed by atoms with Crippen molar-refractivity contribution in [3.05, 3.63) is 77.9 Å². The third kappa shape index (κ3) is 4.69. The number of pyridine rings is 1. The van der Waals surface area contributed by atoms with Gasteiger partial charge in [-0.3, -0.25) is 4.98 Å². The molecule has 0 fully saturated rings. The van der Waals surface area contributed by atoms with E-state index in [0.29, 0.717) is 13.0 Å². The minimum absolute atomic E-state index is 0.0255. The first-order chi connectivity index (χ1) is 12.6.